The number of likely N-dealkylation sites (tertiary alicyclic amines) is 1. The second kappa shape index (κ2) is 8.50. The van der Waals surface area contributed by atoms with E-state index < -0.39 is 0 Å². The molecule has 3 aromatic rings. The first-order valence-electron chi connectivity index (χ1n) is 10.7. The van der Waals surface area contributed by atoms with Gasteiger partial charge in [-0.25, -0.2) is 0 Å². The summed E-state index contributed by atoms with van der Waals surface area (Å²) in [6.45, 7) is 5.32. The zero-order chi connectivity index (χ0) is 21.2. The maximum Gasteiger partial charge on any atom is 0.274 e. The lowest BCUT2D eigenvalue weighted by molar-refractivity contribution is 0.0173. The number of benzene rings is 1. The van der Waals surface area contributed by atoms with Crippen LogP contribution in [0, 0.1) is 0 Å². The molecule has 2 aliphatic heterocycles. The lowest BCUT2D eigenvalue weighted by Crippen LogP contribution is -2.56. The van der Waals surface area contributed by atoms with Gasteiger partial charge >= 0.3 is 0 Å². The predicted molar refractivity (Wildman–Crippen MR) is 111 cm³/mol. The lowest BCUT2D eigenvalue weighted by Gasteiger charge is -2.38. The summed E-state index contributed by atoms with van der Waals surface area (Å²) in [5.74, 6) is 2.24. The standard InChI is InChI=1S/C22H25N5O4/c1-2-27-10-7-19(24-27)22(28)26-13-18(14-26)30-17-5-3-15(4-6-17)20-23-21(31-25-20)16-8-11-29-12-9-16/h3-7,10,16,18H,2,8-9,11-14H2,1H3. The van der Waals surface area contributed by atoms with Gasteiger partial charge in [0.25, 0.3) is 5.91 Å². The highest BCUT2D eigenvalue weighted by Gasteiger charge is 2.33. The van der Waals surface area contributed by atoms with Crippen molar-refractivity contribution in [2.45, 2.75) is 38.3 Å². The smallest absolute Gasteiger partial charge is 0.274 e. The van der Waals surface area contributed by atoms with Crippen molar-refractivity contribution in [1.29, 1.82) is 0 Å². The van der Waals surface area contributed by atoms with Crippen LogP contribution in [0.1, 0.15) is 42.1 Å². The van der Waals surface area contributed by atoms with E-state index in [4.69, 9.17) is 14.0 Å². The first kappa shape index (κ1) is 19.7. The molecule has 0 saturated carbocycles. The average molecular weight is 423 g/mol. The Morgan fingerprint density at radius 1 is 1.16 bits per heavy atom. The Kier molecular flexibility index (Phi) is 5.42. The summed E-state index contributed by atoms with van der Waals surface area (Å²) < 4.78 is 18.6. The van der Waals surface area contributed by atoms with Crippen LogP contribution in [0.5, 0.6) is 5.75 Å². The SMILES string of the molecule is CCn1ccc(C(=O)N2CC(Oc3ccc(-c4noc(C5CCOCC5)n4)cc3)C2)n1. The van der Waals surface area contributed by atoms with Gasteiger partial charge in [0.2, 0.25) is 11.7 Å². The zero-order valence-electron chi connectivity index (χ0n) is 17.4. The number of aryl methyl sites for hydroxylation is 1. The Bertz CT molecular complexity index is 1030. The number of rotatable bonds is 6. The van der Waals surface area contributed by atoms with Crippen LogP contribution in [0.4, 0.5) is 0 Å². The normalized spacial score (nSPS) is 17.5. The maximum absolute atomic E-state index is 12.4. The van der Waals surface area contributed by atoms with Crippen LogP contribution in [0.15, 0.2) is 41.1 Å². The summed E-state index contributed by atoms with van der Waals surface area (Å²) in [5, 5.41) is 8.40. The Labute approximate surface area is 179 Å². The number of nitrogens with zero attached hydrogens (tertiary/aromatic N) is 5. The molecule has 162 valence electrons. The number of hydrogen-bond acceptors (Lipinski definition) is 7. The number of carbonyl (C=O) groups excluding carboxylic acids is 1. The molecule has 2 aliphatic rings. The van der Waals surface area contributed by atoms with E-state index >= 15 is 0 Å². The van der Waals surface area contributed by atoms with Crippen molar-refractivity contribution in [3.05, 3.63) is 48.1 Å². The van der Waals surface area contributed by atoms with Crippen LogP contribution >= 0.6 is 0 Å². The largest absolute Gasteiger partial charge is 0.487 e. The van der Waals surface area contributed by atoms with E-state index in [9.17, 15) is 4.79 Å². The molecule has 1 aromatic carbocycles. The lowest BCUT2D eigenvalue weighted by atomic mass is 10.0. The minimum Gasteiger partial charge on any atom is -0.487 e. The molecule has 2 aromatic heterocycles. The Hall–Kier alpha value is -3.20. The zero-order valence-corrected chi connectivity index (χ0v) is 17.4. The molecule has 9 heteroatoms. The monoisotopic (exact) mass is 423 g/mol. The third-order valence-electron chi connectivity index (χ3n) is 5.75. The molecule has 4 heterocycles. The van der Waals surface area contributed by atoms with E-state index in [0.29, 0.717) is 30.5 Å². The fourth-order valence-corrected chi connectivity index (χ4v) is 3.83. The van der Waals surface area contributed by atoms with Crippen molar-refractivity contribution in [3.8, 4) is 17.1 Å². The van der Waals surface area contributed by atoms with Crippen molar-refractivity contribution < 1.29 is 18.8 Å². The fraction of sp³-hybridized carbons (Fsp3) is 0.455. The van der Waals surface area contributed by atoms with Gasteiger partial charge in [0, 0.05) is 37.4 Å². The molecule has 2 fully saturated rings. The number of carbonyl (C=O) groups is 1. The first-order valence-corrected chi connectivity index (χ1v) is 10.7. The summed E-state index contributed by atoms with van der Waals surface area (Å²) in [5.41, 5.74) is 1.36. The third-order valence-corrected chi connectivity index (χ3v) is 5.75. The molecule has 1 amide bonds. The van der Waals surface area contributed by atoms with Gasteiger partial charge in [-0.3, -0.25) is 9.48 Å². The molecule has 5 rings (SSSR count). The van der Waals surface area contributed by atoms with Crippen LogP contribution in [-0.4, -0.2) is 63.1 Å². The average Bonchev–Trinajstić information content (AvgIpc) is 3.47. The van der Waals surface area contributed by atoms with Crippen LogP contribution in [0.3, 0.4) is 0 Å². The quantitative estimate of drug-likeness (QED) is 0.601. The van der Waals surface area contributed by atoms with Crippen LogP contribution < -0.4 is 4.74 Å². The molecule has 31 heavy (non-hydrogen) atoms. The number of hydrogen-bond donors (Lipinski definition) is 0. The highest BCUT2D eigenvalue weighted by atomic mass is 16.5. The molecule has 0 aliphatic carbocycles. The topological polar surface area (TPSA) is 95.5 Å². The number of amides is 1. The van der Waals surface area contributed by atoms with Gasteiger partial charge in [-0.2, -0.15) is 10.1 Å². The predicted octanol–water partition coefficient (Wildman–Crippen LogP) is 2.75. The molecule has 0 bridgehead atoms. The van der Waals surface area contributed by atoms with Gasteiger partial charge in [-0.05, 0) is 50.1 Å². The third kappa shape index (κ3) is 4.18. The van der Waals surface area contributed by atoms with Crippen molar-refractivity contribution in [2.75, 3.05) is 26.3 Å². The van der Waals surface area contributed by atoms with E-state index in [1.165, 1.54) is 0 Å². The highest BCUT2D eigenvalue weighted by molar-refractivity contribution is 5.92. The van der Waals surface area contributed by atoms with E-state index in [0.717, 1.165) is 43.9 Å². The summed E-state index contributed by atoms with van der Waals surface area (Å²) >= 11 is 0. The molecule has 0 N–H and O–H groups in total. The van der Waals surface area contributed by atoms with Crippen molar-refractivity contribution in [3.63, 3.8) is 0 Å². The molecule has 9 nitrogen and oxygen atoms in total. The summed E-state index contributed by atoms with van der Waals surface area (Å²) in [7, 11) is 0. The van der Waals surface area contributed by atoms with Gasteiger partial charge < -0.3 is 18.9 Å². The summed E-state index contributed by atoms with van der Waals surface area (Å²) in [4.78, 5) is 18.7. The Balaban J connectivity index is 1.14. The molecule has 0 spiro atoms. The molecular weight excluding hydrogens is 398 g/mol. The fourth-order valence-electron chi connectivity index (χ4n) is 3.83. The van der Waals surface area contributed by atoms with Gasteiger partial charge in [-0.1, -0.05) is 5.16 Å². The molecule has 0 radical (unpaired) electrons. The van der Waals surface area contributed by atoms with Crippen LogP contribution in [-0.2, 0) is 11.3 Å². The van der Waals surface area contributed by atoms with Gasteiger partial charge in [0.15, 0.2) is 0 Å². The molecular formula is C22H25N5O4. The maximum atomic E-state index is 12.4. The van der Waals surface area contributed by atoms with Gasteiger partial charge in [0.1, 0.15) is 17.5 Å². The van der Waals surface area contributed by atoms with Gasteiger partial charge in [-0.15, -0.1) is 0 Å². The van der Waals surface area contributed by atoms with Crippen LogP contribution in [0.25, 0.3) is 11.4 Å². The van der Waals surface area contributed by atoms with Crippen LogP contribution in [0.2, 0.25) is 0 Å². The molecule has 0 unspecified atom stereocenters. The van der Waals surface area contributed by atoms with Crippen molar-refractivity contribution in [2.24, 2.45) is 0 Å². The highest BCUT2D eigenvalue weighted by Crippen LogP contribution is 2.28. The van der Waals surface area contributed by atoms with Gasteiger partial charge in [0.05, 0.1) is 13.1 Å². The number of aromatic nitrogens is 4. The summed E-state index contributed by atoms with van der Waals surface area (Å²) in [6.07, 6.45) is 3.62. The van der Waals surface area contributed by atoms with E-state index in [2.05, 4.69) is 15.2 Å². The van der Waals surface area contributed by atoms with E-state index in [1.54, 1.807) is 15.6 Å². The minimum atomic E-state index is -0.0557. The van der Waals surface area contributed by atoms with E-state index in [1.807, 2.05) is 37.4 Å². The Morgan fingerprint density at radius 2 is 1.94 bits per heavy atom. The second-order valence-corrected chi connectivity index (χ2v) is 7.87. The molecule has 0 atom stereocenters. The Morgan fingerprint density at radius 3 is 2.65 bits per heavy atom. The van der Waals surface area contributed by atoms with E-state index in [-0.39, 0.29) is 17.9 Å². The van der Waals surface area contributed by atoms with Crippen molar-refractivity contribution >= 4 is 5.91 Å². The first-order chi connectivity index (χ1) is 15.2. The van der Waals surface area contributed by atoms with Crippen molar-refractivity contribution in [1.82, 2.24) is 24.8 Å². The molecule has 2 saturated heterocycles. The minimum absolute atomic E-state index is 0.0200. The summed E-state index contributed by atoms with van der Waals surface area (Å²) in [6, 6.07) is 9.39. The number of ether oxygens (including phenoxy) is 2. The second-order valence-electron chi connectivity index (χ2n) is 7.87.